The lowest BCUT2D eigenvalue weighted by atomic mass is 10.2. The Morgan fingerprint density at radius 3 is 2.17 bits per heavy atom. The van der Waals surface area contributed by atoms with Gasteiger partial charge in [-0.15, -0.1) is 0 Å². The van der Waals surface area contributed by atoms with Gasteiger partial charge in [0.2, 0.25) is 0 Å². The number of urea groups is 1. The van der Waals surface area contributed by atoms with Crippen LogP contribution in [-0.2, 0) is 6.54 Å². The molecule has 0 spiro atoms. The van der Waals surface area contributed by atoms with Crippen LogP contribution in [0.15, 0.2) is 48.5 Å². The van der Waals surface area contributed by atoms with Crippen molar-refractivity contribution in [3.63, 3.8) is 0 Å². The van der Waals surface area contributed by atoms with E-state index in [1.807, 2.05) is 49.3 Å². The molecule has 0 aliphatic heterocycles. The van der Waals surface area contributed by atoms with E-state index < -0.39 is 0 Å². The summed E-state index contributed by atoms with van der Waals surface area (Å²) >= 11 is 0. The van der Waals surface area contributed by atoms with Crippen LogP contribution in [0.1, 0.15) is 11.1 Å². The average Bonchev–Trinajstić information content (AvgIpc) is 2.56. The normalized spacial score (nSPS) is 9.83. The number of benzene rings is 2. The van der Waals surface area contributed by atoms with Gasteiger partial charge in [-0.3, -0.25) is 0 Å². The van der Waals surface area contributed by atoms with E-state index in [0.29, 0.717) is 17.8 Å². The van der Waals surface area contributed by atoms with E-state index in [9.17, 15) is 4.79 Å². The van der Waals surface area contributed by atoms with Crippen molar-refractivity contribution in [3.05, 3.63) is 59.7 Å². The van der Waals surface area contributed by atoms with Crippen LogP contribution in [0, 0.1) is 11.3 Å². The summed E-state index contributed by atoms with van der Waals surface area (Å²) in [6.07, 6.45) is 0. The zero-order valence-corrected chi connectivity index (χ0v) is 13.6. The van der Waals surface area contributed by atoms with Crippen molar-refractivity contribution in [2.24, 2.45) is 0 Å². The van der Waals surface area contributed by atoms with Crippen LogP contribution in [0.5, 0.6) is 0 Å². The van der Waals surface area contributed by atoms with E-state index in [4.69, 9.17) is 5.26 Å². The summed E-state index contributed by atoms with van der Waals surface area (Å²) in [7, 11) is 5.73. The van der Waals surface area contributed by atoms with Crippen molar-refractivity contribution in [3.8, 4) is 6.07 Å². The zero-order valence-electron chi connectivity index (χ0n) is 13.6. The molecule has 2 amide bonds. The van der Waals surface area contributed by atoms with Gasteiger partial charge in [-0.25, -0.2) is 4.79 Å². The van der Waals surface area contributed by atoms with Gasteiger partial charge in [0.15, 0.2) is 0 Å². The molecule has 0 aliphatic rings. The smallest absolute Gasteiger partial charge is 0.321 e. The second-order valence-electron chi connectivity index (χ2n) is 5.54. The topological polar surface area (TPSA) is 59.4 Å². The summed E-state index contributed by atoms with van der Waals surface area (Å²) in [6, 6.07) is 16.7. The van der Waals surface area contributed by atoms with Gasteiger partial charge in [0.1, 0.15) is 0 Å². The Balaban J connectivity index is 1.95. The third kappa shape index (κ3) is 4.48. The second kappa shape index (κ2) is 7.32. The highest BCUT2D eigenvalue weighted by Crippen LogP contribution is 2.14. The number of nitrogens with one attached hydrogen (secondary N) is 1. The molecule has 5 nitrogen and oxygen atoms in total. The van der Waals surface area contributed by atoms with E-state index in [2.05, 4.69) is 5.32 Å². The predicted molar refractivity (Wildman–Crippen MR) is 92.4 cm³/mol. The molecule has 0 unspecified atom stereocenters. The van der Waals surface area contributed by atoms with Crippen LogP contribution < -0.4 is 10.2 Å². The molecule has 2 aromatic rings. The Morgan fingerprint density at radius 1 is 1.04 bits per heavy atom. The van der Waals surface area contributed by atoms with Crippen molar-refractivity contribution in [2.45, 2.75) is 6.54 Å². The van der Waals surface area contributed by atoms with Crippen LogP contribution in [-0.4, -0.2) is 32.1 Å². The second-order valence-corrected chi connectivity index (χ2v) is 5.54. The molecule has 0 aliphatic carbocycles. The largest absolute Gasteiger partial charge is 0.378 e. The maximum absolute atomic E-state index is 12.2. The zero-order chi connectivity index (χ0) is 16.8. The van der Waals surface area contributed by atoms with Crippen molar-refractivity contribution in [1.29, 1.82) is 5.26 Å². The van der Waals surface area contributed by atoms with Gasteiger partial charge in [-0.2, -0.15) is 5.26 Å². The van der Waals surface area contributed by atoms with Crippen LogP contribution in [0.4, 0.5) is 16.2 Å². The van der Waals surface area contributed by atoms with Gasteiger partial charge in [0.05, 0.1) is 11.6 Å². The fourth-order valence-corrected chi connectivity index (χ4v) is 2.09. The van der Waals surface area contributed by atoms with Gasteiger partial charge in [-0.05, 0) is 42.0 Å². The first kappa shape index (κ1) is 16.4. The first-order chi connectivity index (χ1) is 11.0. The molecule has 0 heterocycles. The fraction of sp³-hybridized carbons (Fsp3) is 0.222. The number of hydrogen-bond acceptors (Lipinski definition) is 3. The van der Waals surface area contributed by atoms with Gasteiger partial charge in [-0.1, -0.05) is 12.1 Å². The number of amides is 2. The molecular weight excluding hydrogens is 288 g/mol. The highest BCUT2D eigenvalue weighted by Gasteiger charge is 2.09. The van der Waals surface area contributed by atoms with Gasteiger partial charge < -0.3 is 15.1 Å². The molecule has 0 radical (unpaired) electrons. The highest BCUT2D eigenvalue weighted by atomic mass is 16.2. The molecule has 0 saturated carbocycles. The van der Waals surface area contributed by atoms with Crippen molar-refractivity contribution >= 4 is 17.4 Å². The minimum atomic E-state index is -0.189. The molecule has 1 N–H and O–H groups in total. The number of rotatable bonds is 4. The number of carbonyl (C=O) groups excluding carboxylic acids is 1. The monoisotopic (exact) mass is 308 g/mol. The Morgan fingerprint density at radius 2 is 1.65 bits per heavy atom. The molecule has 0 fully saturated rings. The number of nitriles is 1. The summed E-state index contributed by atoms with van der Waals surface area (Å²) in [5, 5.41) is 11.6. The van der Waals surface area contributed by atoms with E-state index in [1.165, 1.54) is 0 Å². The lowest BCUT2D eigenvalue weighted by molar-refractivity contribution is 0.220. The van der Waals surface area contributed by atoms with E-state index >= 15 is 0 Å². The quantitative estimate of drug-likeness (QED) is 0.943. The number of hydrogen-bond donors (Lipinski definition) is 1. The summed E-state index contributed by atoms with van der Waals surface area (Å²) in [5.74, 6) is 0. The number of carbonyl (C=O) groups is 1. The van der Waals surface area contributed by atoms with Crippen LogP contribution >= 0.6 is 0 Å². The summed E-state index contributed by atoms with van der Waals surface area (Å²) < 4.78 is 0. The van der Waals surface area contributed by atoms with Crippen molar-refractivity contribution < 1.29 is 4.79 Å². The molecule has 2 rings (SSSR count). The van der Waals surface area contributed by atoms with Gasteiger partial charge in [0.25, 0.3) is 0 Å². The first-order valence-corrected chi connectivity index (χ1v) is 7.28. The Hall–Kier alpha value is -3.00. The van der Waals surface area contributed by atoms with Crippen molar-refractivity contribution in [1.82, 2.24) is 4.90 Å². The summed E-state index contributed by atoms with van der Waals surface area (Å²) in [5.41, 5.74) is 3.42. The maximum atomic E-state index is 12.2. The SMILES string of the molecule is CN(Cc1ccc(N(C)C)cc1)C(=O)Nc1ccc(C#N)cc1. The number of anilines is 2. The Kier molecular flexibility index (Phi) is 5.21. The third-order valence-electron chi connectivity index (χ3n) is 3.48. The van der Waals surface area contributed by atoms with E-state index in [-0.39, 0.29) is 6.03 Å². The molecule has 0 aromatic heterocycles. The summed E-state index contributed by atoms with van der Waals surface area (Å²) in [4.78, 5) is 15.8. The van der Waals surface area contributed by atoms with E-state index in [1.54, 1.807) is 36.2 Å². The lowest BCUT2D eigenvalue weighted by Crippen LogP contribution is -2.30. The molecule has 23 heavy (non-hydrogen) atoms. The molecule has 118 valence electrons. The molecule has 0 saturated heterocycles. The average molecular weight is 308 g/mol. The predicted octanol–water partition coefficient (Wildman–Crippen LogP) is 3.29. The Bertz CT molecular complexity index is 699. The third-order valence-corrected chi connectivity index (χ3v) is 3.48. The standard InChI is InChI=1S/C18H20N4O/c1-21(2)17-10-6-15(7-11-17)13-22(3)18(23)20-16-8-4-14(12-19)5-9-16/h4-11H,13H2,1-3H3,(H,20,23). The van der Waals surface area contributed by atoms with Gasteiger partial charge >= 0.3 is 6.03 Å². The minimum absolute atomic E-state index is 0.189. The molecular formula is C18H20N4O. The Labute approximate surface area is 136 Å². The van der Waals surface area contributed by atoms with Crippen LogP contribution in [0.3, 0.4) is 0 Å². The molecule has 5 heteroatoms. The molecule has 0 atom stereocenters. The minimum Gasteiger partial charge on any atom is -0.378 e. The molecule has 2 aromatic carbocycles. The van der Waals surface area contributed by atoms with Crippen molar-refractivity contribution in [2.75, 3.05) is 31.4 Å². The highest BCUT2D eigenvalue weighted by molar-refractivity contribution is 5.89. The number of nitrogens with zero attached hydrogens (tertiary/aromatic N) is 3. The lowest BCUT2D eigenvalue weighted by Gasteiger charge is -2.19. The first-order valence-electron chi connectivity index (χ1n) is 7.28. The van der Waals surface area contributed by atoms with E-state index in [0.717, 1.165) is 11.3 Å². The maximum Gasteiger partial charge on any atom is 0.321 e. The molecule has 0 bridgehead atoms. The summed E-state index contributed by atoms with van der Waals surface area (Å²) in [6.45, 7) is 0.524. The fourth-order valence-electron chi connectivity index (χ4n) is 2.09. The van der Waals surface area contributed by atoms with Crippen LogP contribution in [0.25, 0.3) is 0 Å². The van der Waals surface area contributed by atoms with Gasteiger partial charge in [0, 0.05) is 39.1 Å². The van der Waals surface area contributed by atoms with Crippen LogP contribution in [0.2, 0.25) is 0 Å².